The molecule has 46 heavy (non-hydrogen) atoms. The maximum Gasteiger partial charge on any atom is 0.254 e. The van der Waals surface area contributed by atoms with Crippen LogP contribution in [-0.4, -0.2) is 80.1 Å². The van der Waals surface area contributed by atoms with E-state index in [2.05, 4.69) is 45.4 Å². The fourth-order valence-corrected chi connectivity index (χ4v) is 7.86. The second kappa shape index (κ2) is 13.5. The second-order valence-corrected chi connectivity index (χ2v) is 13.2. The van der Waals surface area contributed by atoms with Crippen molar-refractivity contribution in [3.63, 3.8) is 0 Å². The Morgan fingerprint density at radius 1 is 0.935 bits per heavy atom. The first kappa shape index (κ1) is 30.8. The number of carbonyl (C=O) groups is 2. The van der Waals surface area contributed by atoms with Crippen LogP contribution in [0.25, 0.3) is 0 Å². The molecule has 0 spiro atoms. The lowest BCUT2D eigenvalue weighted by atomic mass is 9.68. The van der Waals surface area contributed by atoms with Gasteiger partial charge in [0, 0.05) is 74.8 Å². The van der Waals surface area contributed by atoms with Gasteiger partial charge in [0.1, 0.15) is 16.9 Å². The number of anilines is 1. The van der Waals surface area contributed by atoms with Crippen LogP contribution in [0.2, 0.25) is 0 Å². The van der Waals surface area contributed by atoms with Crippen molar-refractivity contribution in [2.24, 2.45) is 0 Å². The standard InChI is InChI=1S/C38H46N4O4/c1-2-39-37(44)38(32-12-3-5-14-34(32)46-35-15-6-4-13-33(35)38)18-8-9-19-40-20-22-41(23-21-40)29-17-16-28-26-42(36(43)31(28)25-29)27-30-11-7-10-24-45-30/h3-6,12-17,25,30H,2,7-11,18-24,26-27H2,1H3,(H,39,44). The summed E-state index contributed by atoms with van der Waals surface area (Å²) < 4.78 is 12.2. The Kier molecular flexibility index (Phi) is 9.00. The highest BCUT2D eigenvalue weighted by Crippen LogP contribution is 2.50. The lowest BCUT2D eigenvalue weighted by Crippen LogP contribution is -2.47. The van der Waals surface area contributed by atoms with E-state index in [1.165, 1.54) is 6.42 Å². The summed E-state index contributed by atoms with van der Waals surface area (Å²) in [5, 5.41) is 3.15. The Labute approximate surface area is 272 Å². The monoisotopic (exact) mass is 622 g/mol. The molecule has 0 radical (unpaired) electrons. The number of hydrogen-bond acceptors (Lipinski definition) is 6. The van der Waals surface area contributed by atoms with Gasteiger partial charge in [-0.3, -0.25) is 14.5 Å². The molecule has 4 heterocycles. The number of nitrogens with zero attached hydrogens (tertiary/aromatic N) is 3. The Morgan fingerprint density at radius 3 is 2.37 bits per heavy atom. The Balaban J connectivity index is 0.953. The van der Waals surface area contributed by atoms with Crippen molar-refractivity contribution in [3.8, 4) is 11.5 Å². The maximum absolute atomic E-state index is 13.9. The van der Waals surface area contributed by atoms with Crippen molar-refractivity contribution in [2.75, 3.05) is 57.3 Å². The fourth-order valence-electron chi connectivity index (χ4n) is 7.86. The van der Waals surface area contributed by atoms with Gasteiger partial charge in [0.15, 0.2) is 0 Å². The molecule has 2 amide bonds. The molecular weight excluding hydrogens is 576 g/mol. The highest BCUT2D eigenvalue weighted by molar-refractivity contribution is 5.99. The van der Waals surface area contributed by atoms with Gasteiger partial charge in [0.2, 0.25) is 5.91 Å². The van der Waals surface area contributed by atoms with Crippen LogP contribution < -0.4 is 15.0 Å². The van der Waals surface area contributed by atoms with Crippen LogP contribution in [0.1, 0.15) is 72.5 Å². The van der Waals surface area contributed by atoms with E-state index in [1.807, 2.05) is 48.2 Å². The maximum atomic E-state index is 13.9. The summed E-state index contributed by atoms with van der Waals surface area (Å²) in [6.45, 7) is 9.60. The molecule has 1 atom stereocenters. The van der Waals surface area contributed by atoms with Crippen molar-refractivity contribution in [1.29, 1.82) is 0 Å². The number of unbranched alkanes of at least 4 members (excludes halogenated alkanes) is 1. The van der Waals surface area contributed by atoms with Gasteiger partial charge in [0.05, 0.1) is 6.10 Å². The van der Waals surface area contributed by atoms with Crippen LogP contribution in [0.3, 0.4) is 0 Å². The fraction of sp³-hybridized carbons (Fsp3) is 0.474. The molecular formula is C38H46N4O4. The quantitative estimate of drug-likeness (QED) is 0.291. The number of amides is 2. The van der Waals surface area contributed by atoms with Gasteiger partial charge in [-0.1, -0.05) is 48.9 Å². The predicted octanol–water partition coefficient (Wildman–Crippen LogP) is 5.73. The van der Waals surface area contributed by atoms with Crippen molar-refractivity contribution >= 4 is 17.5 Å². The summed E-state index contributed by atoms with van der Waals surface area (Å²) in [4.78, 5) is 34.1. The molecule has 2 fully saturated rings. The average Bonchev–Trinajstić information content (AvgIpc) is 3.40. The molecule has 8 heteroatoms. The van der Waals surface area contributed by atoms with Crippen LogP contribution in [-0.2, 0) is 21.5 Å². The minimum Gasteiger partial charge on any atom is -0.457 e. The summed E-state index contributed by atoms with van der Waals surface area (Å²) >= 11 is 0. The van der Waals surface area contributed by atoms with Crippen molar-refractivity contribution in [1.82, 2.24) is 15.1 Å². The first-order chi connectivity index (χ1) is 22.6. The third-order valence-corrected chi connectivity index (χ3v) is 10.3. The molecule has 0 aliphatic carbocycles. The highest BCUT2D eigenvalue weighted by atomic mass is 16.5. The smallest absolute Gasteiger partial charge is 0.254 e. The normalized spacial score (nSPS) is 20.5. The molecule has 0 aromatic heterocycles. The van der Waals surface area contributed by atoms with Gasteiger partial charge < -0.3 is 24.6 Å². The van der Waals surface area contributed by atoms with E-state index in [9.17, 15) is 9.59 Å². The Bertz CT molecular complexity index is 1510. The van der Waals surface area contributed by atoms with Gasteiger partial charge in [-0.25, -0.2) is 0 Å². The van der Waals surface area contributed by atoms with E-state index in [0.717, 1.165) is 111 Å². The lowest BCUT2D eigenvalue weighted by Gasteiger charge is -2.39. The number of rotatable bonds is 10. The van der Waals surface area contributed by atoms with Crippen LogP contribution in [0.4, 0.5) is 5.69 Å². The zero-order chi connectivity index (χ0) is 31.5. The van der Waals surface area contributed by atoms with E-state index in [0.29, 0.717) is 19.6 Å². The number of ether oxygens (including phenoxy) is 2. The number of fused-ring (bicyclic) bond motifs is 3. The summed E-state index contributed by atoms with van der Waals surface area (Å²) in [6, 6.07) is 22.4. The molecule has 4 aliphatic rings. The molecule has 7 rings (SSSR count). The summed E-state index contributed by atoms with van der Waals surface area (Å²) in [6.07, 6.45) is 6.19. The molecule has 3 aromatic carbocycles. The van der Waals surface area contributed by atoms with Crippen LogP contribution in [0.15, 0.2) is 66.7 Å². The van der Waals surface area contributed by atoms with Gasteiger partial charge >= 0.3 is 0 Å². The minimum atomic E-state index is -0.774. The largest absolute Gasteiger partial charge is 0.457 e. The molecule has 2 saturated heterocycles. The van der Waals surface area contributed by atoms with E-state index in [-0.39, 0.29) is 17.9 Å². The molecule has 1 unspecified atom stereocenters. The molecule has 3 aromatic rings. The number of hydrogen-bond donors (Lipinski definition) is 1. The van der Waals surface area contributed by atoms with Crippen molar-refractivity contribution in [3.05, 3.63) is 89.0 Å². The van der Waals surface area contributed by atoms with Gasteiger partial charge in [-0.15, -0.1) is 0 Å². The van der Waals surface area contributed by atoms with Gasteiger partial charge in [-0.2, -0.15) is 0 Å². The zero-order valence-corrected chi connectivity index (χ0v) is 27.0. The number of para-hydroxylation sites is 2. The summed E-state index contributed by atoms with van der Waals surface area (Å²) in [5.74, 6) is 1.72. The SMILES string of the molecule is CCNC(=O)C1(CCCCN2CCN(c3ccc4c(c3)C(=O)N(CC3CCCCO3)C4)CC2)c2ccccc2Oc2ccccc21. The first-order valence-corrected chi connectivity index (χ1v) is 17.2. The molecule has 4 aliphatic heterocycles. The second-order valence-electron chi connectivity index (χ2n) is 13.2. The van der Waals surface area contributed by atoms with Crippen LogP contribution in [0.5, 0.6) is 11.5 Å². The topological polar surface area (TPSA) is 74.4 Å². The van der Waals surface area contributed by atoms with E-state index >= 15 is 0 Å². The average molecular weight is 623 g/mol. The third-order valence-electron chi connectivity index (χ3n) is 10.3. The van der Waals surface area contributed by atoms with E-state index < -0.39 is 5.41 Å². The van der Waals surface area contributed by atoms with Gasteiger partial charge in [-0.05, 0) is 75.4 Å². The first-order valence-electron chi connectivity index (χ1n) is 17.2. The molecule has 0 saturated carbocycles. The van der Waals surface area contributed by atoms with Crippen molar-refractivity contribution in [2.45, 2.75) is 63.5 Å². The van der Waals surface area contributed by atoms with E-state index in [1.54, 1.807) is 0 Å². The number of likely N-dealkylation sites (N-methyl/N-ethyl adjacent to an activating group) is 1. The summed E-state index contributed by atoms with van der Waals surface area (Å²) in [5.41, 5.74) is 4.25. The molecule has 1 N–H and O–H groups in total. The highest BCUT2D eigenvalue weighted by Gasteiger charge is 2.47. The Morgan fingerprint density at radius 2 is 1.67 bits per heavy atom. The third kappa shape index (κ3) is 5.89. The number of carbonyl (C=O) groups excluding carboxylic acids is 2. The van der Waals surface area contributed by atoms with Crippen molar-refractivity contribution < 1.29 is 19.1 Å². The molecule has 8 nitrogen and oxygen atoms in total. The Hall–Kier alpha value is -3.88. The minimum absolute atomic E-state index is 0.0464. The number of piperazine rings is 1. The van der Waals surface area contributed by atoms with Crippen LogP contribution >= 0.6 is 0 Å². The molecule has 0 bridgehead atoms. The van der Waals surface area contributed by atoms with Gasteiger partial charge in [0.25, 0.3) is 5.91 Å². The summed E-state index contributed by atoms with van der Waals surface area (Å²) in [7, 11) is 0. The van der Waals surface area contributed by atoms with E-state index in [4.69, 9.17) is 9.47 Å². The molecule has 242 valence electrons. The van der Waals surface area contributed by atoms with Crippen LogP contribution in [0, 0.1) is 0 Å². The zero-order valence-electron chi connectivity index (χ0n) is 27.0. The number of benzene rings is 3. The number of nitrogens with one attached hydrogen (secondary N) is 1. The lowest BCUT2D eigenvalue weighted by molar-refractivity contribution is -0.125. The predicted molar refractivity (Wildman–Crippen MR) is 180 cm³/mol.